The molecule has 0 radical (unpaired) electrons. The fourth-order valence-corrected chi connectivity index (χ4v) is 9.21. The zero-order chi connectivity index (χ0) is 22.4. The number of aliphatic hydroxyl groups excluding tert-OH is 1. The van der Waals surface area contributed by atoms with Gasteiger partial charge in [-0.2, -0.15) is 0 Å². The van der Waals surface area contributed by atoms with Gasteiger partial charge in [0.1, 0.15) is 0 Å². The highest BCUT2D eigenvalue weighted by Gasteiger charge is 2.59. The van der Waals surface area contributed by atoms with Crippen LogP contribution in [0.15, 0.2) is 11.6 Å². The second-order valence-electron chi connectivity index (χ2n) is 12.9. The summed E-state index contributed by atoms with van der Waals surface area (Å²) in [7, 11) is 0. The van der Waals surface area contributed by atoms with Gasteiger partial charge in [0.05, 0.1) is 6.10 Å². The van der Waals surface area contributed by atoms with E-state index in [1.54, 1.807) is 5.57 Å². The Balaban J connectivity index is 1.51. The Kier molecular flexibility index (Phi) is 6.72. The molecule has 174 valence electrons. The van der Waals surface area contributed by atoms with Gasteiger partial charge in [-0.15, -0.1) is 12.3 Å². The van der Waals surface area contributed by atoms with Crippen molar-refractivity contribution in [3.63, 3.8) is 0 Å². The molecule has 1 N–H and O–H groups in total. The van der Waals surface area contributed by atoms with Crippen LogP contribution in [0.5, 0.6) is 0 Å². The fraction of sp³-hybridized carbons (Fsp3) is 0.867. The van der Waals surface area contributed by atoms with Crippen LogP contribution in [0.3, 0.4) is 0 Å². The number of rotatable bonds is 6. The lowest BCUT2D eigenvalue weighted by Crippen LogP contribution is -2.52. The lowest BCUT2D eigenvalue weighted by Gasteiger charge is -2.59. The van der Waals surface area contributed by atoms with E-state index in [0.717, 1.165) is 54.8 Å². The molecule has 0 spiro atoms. The standard InChI is InChI=1S/C30H48O/c1-7-9-22-19-30(6)23(18-28(22)31)12-13-24-26-15-14-25(21(4)11-8-10-20(2)3)29(26,5)17-16-27(24)30/h1,12,20-22,24-28,31H,8-11,13-19H2,2-6H3/t21-,22?,24+,25-,26+,27+,28-,29-,30+/m1/s1. The third-order valence-corrected chi connectivity index (χ3v) is 10.9. The number of aliphatic hydroxyl groups is 1. The number of fused-ring (bicyclic) bond motifs is 5. The molecule has 0 amide bonds. The van der Waals surface area contributed by atoms with Crippen LogP contribution in [0.4, 0.5) is 0 Å². The van der Waals surface area contributed by atoms with Gasteiger partial charge in [-0.1, -0.05) is 65.5 Å². The first kappa shape index (κ1) is 23.4. The van der Waals surface area contributed by atoms with Crippen LogP contribution < -0.4 is 0 Å². The second kappa shape index (κ2) is 8.89. The molecule has 9 atom stereocenters. The first-order valence-corrected chi connectivity index (χ1v) is 13.5. The van der Waals surface area contributed by atoms with Crippen molar-refractivity contribution < 1.29 is 5.11 Å². The molecule has 0 aliphatic heterocycles. The summed E-state index contributed by atoms with van der Waals surface area (Å²) in [4.78, 5) is 0. The summed E-state index contributed by atoms with van der Waals surface area (Å²) in [5.74, 6) is 8.33. The van der Waals surface area contributed by atoms with Gasteiger partial charge in [-0.05, 0) is 97.2 Å². The van der Waals surface area contributed by atoms with Crippen molar-refractivity contribution in [2.45, 2.75) is 111 Å². The van der Waals surface area contributed by atoms with Crippen LogP contribution in [0.1, 0.15) is 105 Å². The monoisotopic (exact) mass is 424 g/mol. The maximum atomic E-state index is 10.7. The van der Waals surface area contributed by atoms with E-state index in [9.17, 15) is 5.11 Å². The molecule has 0 aromatic carbocycles. The molecule has 4 aliphatic rings. The Morgan fingerprint density at radius 3 is 2.61 bits per heavy atom. The van der Waals surface area contributed by atoms with Crippen molar-refractivity contribution in [1.82, 2.24) is 0 Å². The smallest absolute Gasteiger partial charge is 0.0615 e. The number of allylic oxidation sites excluding steroid dienone is 1. The van der Waals surface area contributed by atoms with Gasteiger partial charge >= 0.3 is 0 Å². The van der Waals surface area contributed by atoms with E-state index in [1.807, 2.05) is 0 Å². The molecular formula is C30H48O. The molecule has 0 saturated heterocycles. The molecule has 0 bridgehead atoms. The Morgan fingerprint density at radius 1 is 1.13 bits per heavy atom. The lowest BCUT2D eigenvalue weighted by atomic mass is 9.46. The highest BCUT2D eigenvalue weighted by Crippen LogP contribution is 2.67. The maximum absolute atomic E-state index is 10.7. The zero-order valence-corrected chi connectivity index (χ0v) is 21.0. The third-order valence-electron chi connectivity index (χ3n) is 10.9. The predicted molar refractivity (Wildman–Crippen MR) is 131 cm³/mol. The molecule has 3 fully saturated rings. The van der Waals surface area contributed by atoms with Crippen LogP contribution in [-0.4, -0.2) is 11.2 Å². The molecule has 1 nitrogen and oxygen atoms in total. The average Bonchev–Trinajstić information content (AvgIpc) is 3.06. The second-order valence-corrected chi connectivity index (χ2v) is 12.9. The Bertz CT molecular complexity index is 712. The van der Waals surface area contributed by atoms with Crippen LogP contribution in [0.25, 0.3) is 0 Å². The molecule has 4 rings (SSSR count). The molecular weight excluding hydrogens is 376 g/mol. The minimum absolute atomic E-state index is 0.233. The summed E-state index contributed by atoms with van der Waals surface area (Å²) in [5.41, 5.74) is 2.38. The van der Waals surface area contributed by atoms with Crippen LogP contribution >= 0.6 is 0 Å². The quantitative estimate of drug-likeness (QED) is 0.343. The van der Waals surface area contributed by atoms with Crippen molar-refractivity contribution in [2.24, 2.45) is 52.3 Å². The Morgan fingerprint density at radius 2 is 1.90 bits per heavy atom. The molecule has 4 aliphatic carbocycles. The molecule has 0 heterocycles. The van der Waals surface area contributed by atoms with Gasteiger partial charge in [0.2, 0.25) is 0 Å². The fourth-order valence-electron chi connectivity index (χ4n) is 9.21. The van der Waals surface area contributed by atoms with Gasteiger partial charge in [0.25, 0.3) is 0 Å². The summed E-state index contributed by atoms with van der Waals surface area (Å²) in [6.07, 6.45) is 21.9. The largest absolute Gasteiger partial charge is 0.392 e. The molecule has 31 heavy (non-hydrogen) atoms. The summed E-state index contributed by atoms with van der Waals surface area (Å²) in [5, 5.41) is 10.7. The maximum Gasteiger partial charge on any atom is 0.0615 e. The molecule has 0 aromatic heterocycles. The summed E-state index contributed by atoms with van der Waals surface area (Å²) in [6, 6.07) is 0. The molecule has 3 saturated carbocycles. The van der Waals surface area contributed by atoms with E-state index >= 15 is 0 Å². The van der Waals surface area contributed by atoms with Gasteiger partial charge < -0.3 is 5.11 Å². The van der Waals surface area contributed by atoms with E-state index in [-0.39, 0.29) is 17.4 Å². The van der Waals surface area contributed by atoms with Gasteiger partial charge in [0, 0.05) is 6.42 Å². The summed E-state index contributed by atoms with van der Waals surface area (Å²) in [6.45, 7) is 12.5. The van der Waals surface area contributed by atoms with Crippen molar-refractivity contribution in [1.29, 1.82) is 0 Å². The van der Waals surface area contributed by atoms with E-state index in [4.69, 9.17) is 6.42 Å². The van der Waals surface area contributed by atoms with E-state index in [1.165, 1.54) is 51.4 Å². The minimum Gasteiger partial charge on any atom is -0.392 e. The normalized spacial score (nSPS) is 45.3. The number of hydrogen-bond donors (Lipinski definition) is 1. The number of terminal acetylenes is 1. The van der Waals surface area contributed by atoms with E-state index < -0.39 is 0 Å². The molecule has 0 aromatic rings. The lowest BCUT2D eigenvalue weighted by molar-refractivity contribution is -0.0684. The van der Waals surface area contributed by atoms with Crippen molar-refractivity contribution in [2.75, 3.05) is 0 Å². The Hall–Kier alpha value is -0.740. The highest BCUT2D eigenvalue weighted by atomic mass is 16.3. The SMILES string of the molecule is C#CCC1C[C@@]2(C)C(=CC[C@H]3[C@@H]4CC[C@H]([C@H](C)CCCC(C)C)[C@@]4(C)CC[C@@H]32)C[C@H]1O. The zero-order valence-electron chi connectivity index (χ0n) is 21.0. The first-order valence-electron chi connectivity index (χ1n) is 13.5. The third kappa shape index (κ3) is 4.05. The number of hydrogen-bond acceptors (Lipinski definition) is 1. The molecule has 1 heteroatoms. The summed E-state index contributed by atoms with van der Waals surface area (Å²) < 4.78 is 0. The van der Waals surface area contributed by atoms with Gasteiger partial charge in [-0.25, -0.2) is 0 Å². The first-order chi connectivity index (χ1) is 14.7. The summed E-state index contributed by atoms with van der Waals surface area (Å²) >= 11 is 0. The van der Waals surface area contributed by atoms with Crippen molar-refractivity contribution >= 4 is 0 Å². The van der Waals surface area contributed by atoms with Crippen LogP contribution in [-0.2, 0) is 0 Å². The topological polar surface area (TPSA) is 20.2 Å². The van der Waals surface area contributed by atoms with Crippen LogP contribution in [0, 0.1) is 64.6 Å². The predicted octanol–water partition coefficient (Wildman–Crippen LogP) is 7.64. The van der Waals surface area contributed by atoms with Crippen molar-refractivity contribution in [3.05, 3.63) is 11.6 Å². The van der Waals surface area contributed by atoms with E-state index in [2.05, 4.69) is 46.6 Å². The van der Waals surface area contributed by atoms with Gasteiger partial charge in [0.15, 0.2) is 0 Å². The average molecular weight is 425 g/mol. The van der Waals surface area contributed by atoms with Crippen molar-refractivity contribution in [3.8, 4) is 12.3 Å². The highest BCUT2D eigenvalue weighted by molar-refractivity contribution is 5.26. The van der Waals surface area contributed by atoms with Gasteiger partial charge in [-0.3, -0.25) is 0 Å². The molecule has 1 unspecified atom stereocenters. The van der Waals surface area contributed by atoms with E-state index in [0.29, 0.717) is 5.41 Å². The Labute approximate surface area is 192 Å². The minimum atomic E-state index is -0.233. The van der Waals surface area contributed by atoms with Crippen LogP contribution in [0.2, 0.25) is 0 Å².